The first kappa shape index (κ1) is 16.6. The summed E-state index contributed by atoms with van der Waals surface area (Å²) in [4.78, 5) is -0.816. The first-order valence-electron chi connectivity index (χ1n) is 5.93. The number of methoxy groups -OCH3 is 1. The van der Waals surface area contributed by atoms with E-state index in [1.165, 1.54) is 43.5 Å². The molecule has 22 heavy (non-hydrogen) atoms. The molecule has 0 aliphatic heterocycles. The minimum absolute atomic E-state index is 0.0793. The van der Waals surface area contributed by atoms with Crippen molar-refractivity contribution in [1.82, 2.24) is 0 Å². The molecule has 8 heteroatoms. The Morgan fingerprint density at radius 1 is 1.09 bits per heavy atom. The van der Waals surface area contributed by atoms with Gasteiger partial charge in [-0.3, -0.25) is 0 Å². The van der Waals surface area contributed by atoms with Gasteiger partial charge in [0.2, 0.25) is 0 Å². The average Bonchev–Trinajstić information content (AvgIpc) is 2.46. The fraction of sp³-hybridized carbons (Fsp3) is 0.143. The number of hydrogen-bond acceptors (Lipinski definition) is 3. The van der Waals surface area contributed by atoms with Crippen molar-refractivity contribution in [2.75, 3.05) is 7.11 Å². The average molecular weight is 351 g/mol. The summed E-state index contributed by atoms with van der Waals surface area (Å²) >= 11 is 5.94. The van der Waals surface area contributed by atoms with Gasteiger partial charge in [0.05, 0.1) is 17.0 Å². The molecule has 0 aliphatic carbocycles. The second kappa shape index (κ2) is 5.81. The molecule has 0 bridgehead atoms. The van der Waals surface area contributed by atoms with E-state index in [0.717, 1.165) is 6.07 Å². The van der Waals surface area contributed by atoms with E-state index in [1.807, 2.05) is 0 Å². The van der Waals surface area contributed by atoms with Crippen LogP contribution in [0.1, 0.15) is 0 Å². The van der Waals surface area contributed by atoms with E-state index in [2.05, 4.69) is 0 Å². The quantitative estimate of drug-likeness (QED) is 0.828. The predicted octanol–water partition coefficient (Wildman–Crippen LogP) is 4.31. The maximum absolute atomic E-state index is 12.8. The molecule has 3 nitrogen and oxygen atoms in total. The highest BCUT2D eigenvalue weighted by Gasteiger charge is 2.47. The number of hydrogen-bond donors (Lipinski definition) is 0. The summed E-state index contributed by atoms with van der Waals surface area (Å²) in [6, 6.07) is 9.12. The monoisotopic (exact) mass is 350 g/mol. The molecule has 0 heterocycles. The summed E-state index contributed by atoms with van der Waals surface area (Å²) in [5.74, 6) is 0.335. The summed E-state index contributed by atoms with van der Waals surface area (Å²) in [5, 5.41) is 0.166. The van der Waals surface area contributed by atoms with Gasteiger partial charge in [0.1, 0.15) is 5.75 Å². The molecule has 0 amide bonds. The molecule has 0 spiro atoms. The molecule has 2 aromatic carbocycles. The van der Waals surface area contributed by atoms with Gasteiger partial charge in [-0.1, -0.05) is 35.9 Å². The van der Waals surface area contributed by atoms with Crippen LogP contribution in [0, 0.1) is 0 Å². The molecule has 2 rings (SSSR count). The highest BCUT2D eigenvalue weighted by molar-refractivity contribution is 7.92. The maximum Gasteiger partial charge on any atom is 0.501 e. The van der Waals surface area contributed by atoms with Gasteiger partial charge in [-0.2, -0.15) is 13.2 Å². The Hall–Kier alpha value is -1.73. The van der Waals surface area contributed by atoms with Crippen LogP contribution >= 0.6 is 11.6 Å². The molecular weight excluding hydrogens is 341 g/mol. The largest absolute Gasteiger partial charge is 0.501 e. The van der Waals surface area contributed by atoms with Crippen LogP contribution in [-0.4, -0.2) is 21.0 Å². The molecule has 0 aliphatic rings. The molecule has 0 unspecified atom stereocenters. The fourth-order valence-corrected chi connectivity index (χ4v) is 3.14. The number of rotatable bonds is 3. The second-order valence-corrected chi connectivity index (χ2v) is 6.61. The summed E-state index contributed by atoms with van der Waals surface area (Å²) < 4.78 is 66.6. The summed E-state index contributed by atoms with van der Waals surface area (Å²) in [6.45, 7) is 0. The summed E-state index contributed by atoms with van der Waals surface area (Å²) in [5.41, 5.74) is -5.21. The van der Waals surface area contributed by atoms with Crippen LogP contribution in [0.15, 0.2) is 47.4 Å². The number of sulfone groups is 1. The van der Waals surface area contributed by atoms with E-state index in [-0.39, 0.29) is 16.1 Å². The first-order chi connectivity index (χ1) is 10.2. The minimum atomic E-state index is -5.46. The summed E-state index contributed by atoms with van der Waals surface area (Å²) in [7, 11) is -4.07. The van der Waals surface area contributed by atoms with Gasteiger partial charge in [0, 0.05) is 5.56 Å². The molecule has 0 saturated heterocycles. The lowest BCUT2D eigenvalue weighted by molar-refractivity contribution is -0.0435. The normalized spacial score (nSPS) is 12.2. The zero-order valence-electron chi connectivity index (χ0n) is 11.2. The summed E-state index contributed by atoms with van der Waals surface area (Å²) in [6.07, 6.45) is 0. The van der Waals surface area contributed by atoms with Gasteiger partial charge >= 0.3 is 5.51 Å². The van der Waals surface area contributed by atoms with E-state index in [1.54, 1.807) is 0 Å². The lowest BCUT2D eigenvalue weighted by atomic mass is 10.1. The second-order valence-electron chi connectivity index (χ2n) is 4.29. The zero-order chi connectivity index (χ0) is 16.5. The third-order valence-electron chi connectivity index (χ3n) is 2.94. The smallest absolute Gasteiger partial charge is 0.495 e. The van der Waals surface area contributed by atoms with Crippen LogP contribution in [0.25, 0.3) is 11.1 Å². The number of benzene rings is 2. The molecule has 0 N–H and O–H groups in total. The number of alkyl halides is 3. The van der Waals surface area contributed by atoms with Crippen molar-refractivity contribution in [3.8, 4) is 16.9 Å². The molecule has 2 aromatic rings. The van der Waals surface area contributed by atoms with Gasteiger partial charge in [0.25, 0.3) is 9.84 Å². The first-order valence-corrected chi connectivity index (χ1v) is 7.79. The van der Waals surface area contributed by atoms with Crippen molar-refractivity contribution in [1.29, 1.82) is 0 Å². The molecule has 118 valence electrons. The Labute approximate surface area is 130 Å². The van der Waals surface area contributed by atoms with E-state index in [4.69, 9.17) is 16.3 Å². The van der Waals surface area contributed by atoms with Gasteiger partial charge in [-0.15, -0.1) is 0 Å². The van der Waals surface area contributed by atoms with E-state index in [0.29, 0.717) is 5.75 Å². The van der Waals surface area contributed by atoms with Gasteiger partial charge in [-0.05, 0) is 23.8 Å². The van der Waals surface area contributed by atoms with Gasteiger partial charge in [-0.25, -0.2) is 8.42 Å². The van der Waals surface area contributed by atoms with Crippen molar-refractivity contribution in [3.05, 3.63) is 47.5 Å². The molecule has 0 saturated carbocycles. The third-order valence-corrected chi connectivity index (χ3v) is 4.78. The molecule has 0 atom stereocenters. The van der Waals surface area contributed by atoms with E-state index < -0.39 is 20.2 Å². The molecule has 0 fully saturated rings. The van der Waals surface area contributed by atoms with Crippen molar-refractivity contribution >= 4 is 21.4 Å². The van der Waals surface area contributed by atoms with E-state index in [9.17, 15) is 21.6 Å². The lowest BCUT2D eigenvalue weighted by Gasteiger charge is -2.13. The Morgan fingerprint density at radius 3 is 2.27 bits per heavy atom. The lowest BCUT2D eigenvalue weighted by Crippen LogP contribution is -2.23. The Balaban J connectivity index is 2.67. The van der Waals surface area contributed by atoms with Crippen LogP contribution in [0.5, 0.6) is 5.75 Å². The third kappa shape index (κ3) is 2.91. The fourth-order valence-electron chi connectivity index (χ4n) is 1.90. The highest BCUT2D eigenvalue weighted by Crippen LogP contribution is 2.38. The Morgan fingerprint density at radius 2 is 1.73 bits per heavy atom. The SMILES string of the molecule is COc1ccc(-c2ccccc2S(=O)(=O)C(F)(F)F)cc1Cl. The standard InChI is InChI=1S/C14H10ClF3O3S/c1-21-12-7-6-9(8-11(12)15)10-4-2-3-5-13(10)22(19,20)14(16,17)18/h2-8H,1H3. The Kier molecular flexibility index (Phi) is 4.39. The maximum atomic E-state index is 12.8. The van der Waals surface area contributed by atoms with E-state index >= 15 is 0 Å². The number of halogens is 4. The molecule has 0 radical (unpaired) electrons. The van der Waals surface area contributed by atoms with Crippen molar-refractivity contribution in [3.63, 3.8) is 0 Å². The zero-order valence-corrected chi connectivity index (χ0v) is 12.8. The van der Waals surface area contributed by atoms with Crippen molar-refractivity contribution in [2.24, 2.45) is 0 Å². The van der Waals surface area contributed by atoms with Crippen LogP contribution in [0.2, 0.25) is 5.02 Å². The van der Waals surface area contributed by atoms with Crippen molar-refractivity contribution in [2.45, 2.75) is 10.4 Å². The Bertz CT molecular complexity index is 801. The molecule has 0 aromatic heterocycles. The predicted molar refractivity (Wildman–Crippen MR) is 76.7 cm³/mol. The van der Waals surface area contributed by atoms with Crippen LogP contribution in [0.3, 0.4) is 0 Å². The van der Waals surface area contributed by atoms with Crippen LogP contribution in [0.4, 0.5) is 13.2 Å². The topological polar surface area (TPSA) is 43.4 Å². The van der Waals surface area contributed by atoms with Crippen LogP contribution < -0.4 is 4.74 Å². The van der Waals surface area contributed by atoms with Gasteiger partial charge < -0.3 is 4.74 Å². The molecular formula is C14H10ClF3O3S. The minimum Gasteiger partial charge on any atom is -0.495 e. The highest BCUT2D eigenvalue weighted by atomic mass is 35.5. The number of ether oxygens (including phenoxy) is 1. The van der Waals surface area contributed by atoms with Crippen molar-refractivity contribution < 1.29 is 26.3 Å². The van der Waals surface area contributed by atoms with Gasteiger partial charge in [0.15, 0.2) is 0 Å². The van der Waals surface area contributed by atoms with Crippen LogP contribution in [-0.2, 0) is 9.84 Å².